The van der Waals surface area contributed by atoms with Crippen LogP contribution in [-0.4, -0.2) is 40.8 Å². The predicted molar refractivity (Wildman–Crippen MR) is 87.2 cm³/mol. The fraction of sp³-hybridized carbons (Fsp3) is 0.250. The molecule has 1 N–H and O–H groups in total. The first-order chi connectivity index (χ1) is 11.5. The highest BCUT2D eigenvalue weighted by Gasteiger charge is 2.45. The molecule has 1 atom stereocenters. The summed E-state index contributed by atoms with van der Waals surface area (Å²) >= 11 is 1.19. The molecular weight excluding hydrogens is 331 g/mol. The summed E-state index contributed by atoms with van der Waals surface area (Å²) in [6.45, 7) is -0.0169. The van der Waals surface area contributed by atoms with E-state index in [0.717, 1.165) is 16.7 Å². The quantitative estimate of drug-likeness (QED) is 0.680. The molecule has 1 unspecified atom stereocenters. The van der Waals surface area contributed by atoms with Crippen LogP contribution in [0.15, 0.2) is 30.5 Å². The van der Waals surface area contributed by atoms with Crippen LogP contribution in [0.25, 0.3) is 10.4 Å². The Morgan fingerprint density at radius 2 is 2.38 bits per heavy atom. The zero-order valence-corrected chi connectivity index (χ0v) is 13.3. The second-order valence-corrected chi connectivity index (χ2v) is 6.49. The molecule has 1 aliphatic heterocycles. The molecule has 1 fully saturated rings. The number of likely N-dealkylation sites (tertiary alicyclic amines) is 1. The van der Waals surface area contributed by atoms with Gasteiger partial charge in [0.1, 0.15) is 6.29 Å². The number of nitriles is 1. The topological polar surface area (TPSA) is 86.1 Å². The van der Waals surface area contributed by atoms with Gasteiger partial charge in [0.05, 0.1) is 11.4 Å². The number of aromatic nitrogens is 1. The molecule has 1 aliphatic rings. The SMILES string of the molecule is N#CN1CCC(F)(C(=O)Nc2ncc(-c3cccc(C=O)c3)s2)C1. The van der Waals surface area contributed by atoms with E-state index in [9.17, 15) is 14.0 Å². The van der Waals surface area contributed by atoms with Crippen LogP contribution in [0.5, 0.6) is 0 Å². The van der Waals surface area contributed by atoms with E-state index in [0.29, 0.717) is 5.56 Å². The highest BCUT2D eigenvalue weighted by atomic mass is 32.1. The molecule has 122 valence electrons. The number of benzene rings is 1. The monoisotopic (exact) mass is 344 g/mol. The first kappa shape index (κ1) is 16.1. The molecule has 1 amide bonds. The molecule has 0 saturated carbocycles. The number of carbonyl (C=O) groups excluding carboxylic acids is 2. The summed E-state index contributed by atoms with van der Waals surface area (Å²) in [5, 5.41) is 11.5. The first-order valence-corrected chi connectivity index (χ1v) is 8.02. The Morgan fingerprint density at radius 1 is 1.54 bits per heavy atom. The van der Waals surface area contributed by atoms with Crippen LogP contribution in [0.3, 0.4) is 0 Å². The Morgan fingerprint density at radius 3 is 3.08 bits per heavy atom. The molecule has 2 heterocycles. The van der Waals surface area contributed by atoms with Crippen molar-refractivity contribution in [2.45, 2.75) is 12.1 Å². The number of rotatable bonds is 4. The Hall–Kier alpha value is -2.79. The summed E-state index contributed by atoms with van der Waals surface area (Å²) in [4.78, 5) is 29.0. The van der Waals surface area contributed by atoms with E-state index in [1.165, 1.54) is 16.2 Å². The number of halogens is 1. The van der Waals surface area contributed by atoms with E-state index >= 15 is 0 Å². The Balaban J connectivity index is 1.73. The summed E-state index contributed by atoms with van der Waals surface area (Å²) < 4.78 is 14.6. The van der Waals surface area contributed by atoms with Crippen molar-refractivity contribution in [2.75, 3.05) is 18.4 Å². The molecular formula is C16H13FN4O2S. The van der Waals surface area contributed by atoms with Crippen LogP contribution in [0.1, 0.15) is 16.8 Å². The molecule has 1 aromatic heterocycles. The second-order valence-electron chi connectivity index (χ2n) is 5.46. The number of anilines is 1. The minimum atomic E-state index is -2.08. The van der Waals surface area contributed by atoms with Crippen molar-refractivity contribution in [2.24, 2.45) is 0 Å². The third-order valence-electron chi connectivity index (χ3n) is 3.80. The van der Waals surface area contributed by atoms with E-state index in [2.05, 4.69) is 10.3 Å². The van der Waals surface area contributed by atoms with Gasteiger partial charge in [-0.25, -0.2) is 9.37 Å². The molecule has 2 aromatic rings. The van der Waals surface area contributed by atoms with Gasteiger partial charge in [0.25, 0.3) is 5.91 Å². The van der Waals surface area contributed by atoms with Crippen LogP contribution < -0.4 is 5.32 Å². The average Bonchev–Trinajstić information content (AvgIpc) is 3.22. The number of nitrogens with one attached hydrogen (secondary N) is 1. The second kappa shape index (κ2) is 6.37. The molecule has 0 bridgehead atoms. The third-order valence-corrected chi connectivity index (χ3v) is 4.76. The molecule has 3 rings (SSSR count). The molecule has 8 heteroatoms. The number of carbonyl (C=O) groups is 2. The van der Waals surface area contributed by atoms with E-state index in [1.54, 1.807) is 24.4 Å². The van der Waals surface area contributed by atoms with Crippen molar-refractivity contribution in [3.05, 3.63) is 36.0 Å². The minimum Gasteiger partial charge on any atom is -0.307 e. The fourth-order valence-electron chi connectivity index (χ4n) is 2.48. The number of amides is 1. The number of thiazole rings is 1. The lowest BCUT2D eigenvalue weighted by Gasteiger charge is -2.16. The van der Waals surface area contributed by atoms with Gasteiger partial charge in [0.2, 0.25) is 5.67 Å². The van der Waals surface area contributed by atoms with Crippen LogP contribution in [0.4, 0.5) is 9.52 Å². The number of hydrogen-bond donors (Lipinski definition) is 1. The maximum absolute atomic E-state index is 14.6. The summed E-state index contributed by atoms with van der Waals surface area (Å²) in [5.74, 6) is -0.789. The minimum absolute atomic E-state index is 0.0218. The highest BCUT2D eigenvalue weighted by molar-refractivity contribution is 7.19. The molecule has 0 radical (unpaired) electrons. The molecule has 24 heavy (non-hydrogen) atoms. The fourth-order valence-corrected chi connectivity index (χ4v) is 3.29. The lowest BCUT2D eigenvalue weighted by atomic mass is 10.1. The number of nitrogens with zero attached hydrogens (tertiary/aromatic N) is 3. The zero-order valence-electron chi connectivity index (χ0n) is 12.5. The van der Waals surface area contributed by atoms with E-state index in [4.69, 9.17) is 5.26 Å². The van der Waals surface area contributed by atoms with Crippen molar-refractivity contribution in [3.63, 3.8) is 0 Å². The van der Waals surface area contributed by atoms with E-state index < -0.39 is 11.6 Å². The summed E-state index contributed by atoms with van der Waals surface area (Å²) in [7, 11) is 0. The van der Waals surface area contributed by atoms with E-state index in [-0.39, 0.29) is 24.6 Å². The van der Waals surface area contributed by atoms with Gasteiger partial charge in [-0.15, -0.1) is 0 Å². The van der Waals surface area contributed by atoms with Gasteiger partial charge < -0.3 is 4.90 Å². The Bertz CT molecular complexity index is 831. The molecule has 6 nitrogen and oxygen atoms in total. The maximum atomic E-state index is 14.6. The van der Waals surface area contributed by atoms with Crippen molar-refractivity contribution >= 4 is 28.7 Å². The van der Waals surface area contributed by atoms with Gasteiger partial charge in [0, 0.05) is 24.7 Å². The lowest BCUT2D eigenvalue weighted by Crippen LogP contribution is -2.40. The summed E-state index contributed by atoms with van der Waals surface area (Å²) in [6.07, 6.45) is 4.14. The van der Waals surface area contributed by atoms with Crippen LogP contribution in [0, 0.1) is 11.5 Å². The van der Waals surface area contributed by atoms with Gasteiger partial charge in [-0.3, -0.25) is 14.9 Å². The first-order valence-electron chi connectivity index (χ1n) is 7.20. The van der Waals surface area contributed by atoms with Gasteiger partial charge in [-0.05, 0) is 11.6 Å². The predicted octanol–water partition coefficient (Wildman–Crippen LogP) is 2.46. The molecule has 1 aromatic carbocycles. The maximum Gasteiger partial charge on any atom is 0.265 e. The largest absolute Gasteiger partial charge is 0.307 e. The summed E-state index contributed by atoms with van der Waals surface area (Å²) in [6, 6.07) is 6.98. The van der Waals surface area contributed by atoms with Crippen molar-refractivity contribution < 1.29 is 14.0 Å². The molecule has 0 aliphatic carbocycles. The van der Waals surface area contributed by atoms with E-state index in [1.807, 2.05) is 12.3 Å². The smallest absolute Gasteiger partial charge is 0.265 e. The number of alkyl halides is 1. The third kappa shape index (κ3) is 3.12. The van der Waals surface area contributed by atoms with Crippen LogP contribution >= 0.6 is 11.3 Å². The van der Waals surface area contributed by atoms with Crippen LogP contribution in [-0.2, 0) is 4.79 Å². The van der Waals surface area contributed by atoms with Gasteiger partial charge in [0.15, 0.2) is 11.3 Å². The molecule has 0 spiro atoms. The Labute approximate surface area is 141 Å². The van der Waals surface area contributed by atoms with Crippen molar-refractivity contribution in [1.29, 1.82) is 5.26 Å². The van der Waals surface area contributed by atoms with Gasteiger partial charge in [-0.2, -0.15) is 5.26 Å². The molecule has 1 saturated heterocycles. The van der Waals surface area contributed by atoms with Crippen molar-refractivity contribution in [1.82, 2.24) is 9.88 Å². The lowest BCUT2D eigenvalue weighted by molar-refractivity contribution is -0.126. The normalized spacial score (nSPS) is 19.8. The van der Waals surface area contributed by atoms with Crippen molar-refractivity contribution in [3.8, 4) is 16.6 Å². The average molecular weight is 344 g/mol. The number of aldehydes is 1. The highest BCUT2D eigenvalue weighted by Crippen LogP contribution is 2.31. The van der Waals surface area contributed by atoms with Gasteiger partial charge >= 0.3 is 0 Å². The van der Waals surface area contributed by atoms with Crippen LogP contribution in [0.2, 0.25) is 0 Å². The number of hydrogen-bond acceptors (Lipinski definition) is 6. The standard InChI is InChI=1S/C16H13FN4O2S/c17-16(4-5-21(9-16)10-18)14(23)20-15-19-7-13(24-15)12-3-1-2-11(6-12)8-22/h1-3,6-8H,4-5,9H2,(H,19,20,23). The summed E-state index contributed by atoms with van der Waals surface area (Å²) in [5.41, 5.74) is -0.750. The van der Waals surface area contributed by atoms with Gasteiger partial charge in [-0.1, -0.05) is 29.5 Å². The Kier molecular flexibility index (Phi) is 4.27. The zero-order chi connectivity index (χ0) is 17.2.